The number of rotatable bonds is 3. The molecule has 2 aromatic rings. The Morgan fingerprint density at radius 1 is 0.947 bits per heavy atom. The Labute approximate surface area is 112 Å². The molecule has 0 aliphatic heterocycles. The molecule has 0 radical (unpaired) electrons. The van der Waals surface area contributed by atoms with E-state index < -0.39 is 11.6 Å². The molecule has 0 bridgehead atoms. The Hall–Kier alpha value is -1.90. The average Bonchev–Trinajstić information content (AvgIpc) is 2.47. The zero-order valence-corrected chi connectivity index (χ0v) is 11.4. The molecule has 1 nitrogen and oxygen atoms in total. The molecule has 0 unspecified atom stereocenters. The van der Waals surface area contributed by atoms with Crippen molar-refractivity contribution in [3.63, 3.8) is 0 Å². The van der Waals surface area contributed by atoms with E-state index in [0.29, 0.717) is 12.4 Å². The molecule has 0 aromatic heterocycles. The standard InChI is InChI=1S/C14H12F2O.C2H6/c1-10-13(8-7-12(15)14(10)16)17-9-11-5-3-2-4-6-11;1-2/h2-8H,9H2,1H3;1-2H3. The molecule has 0 aliphatic carbocycles. The SMILES string of the molecule is CC.Cc1c(OCc2ccccc2)ccc(F)c1F. The van der Waals surface area contributed by atoms with Crippen molar-refractivity contribution in [2.75, 3.05) is 0 Å². The highest BCUT2D eigenvalue weighted by molar-refractivity contribution is 5.34. The molecule has 0 heterocycles. The first-order valence-electron chi connectivity index (χ1n) is 6.30. The second kappa shape index (κ2) is 7.52. The summed E-state index contributed by atoms with van der Waals surface area (Å²) in [5.74, 6) is -1.34. The minimum Gasteiger partial charge on any atom is -0.489 e. The predicted molar refractivity (Wildman–Crippen MR) is 73.2 cm³/mol. The van der Waals surface area contributed by atoms with Crippen LogP contribution in [0, 0.1) is 18.6 Å². The number of hydrogen-bond acceptors (Lipinski definition) is 1. The van der Waals surface area contributed by atoms with Gasteiger partial charge in [-0.05, 0) is 24.6 Å². The van der Waals surface area contributed by atoms with Gasteiger partial charge in [-0.1, -0.05) is 44.2 Å². The summed E-state index contributed by atoms with van der Waals surface area (Å²) in [6.45, 7) is 5.84. The van der Waals surface area contributed by atoms with E-state index >= 15 is 0 Å². The van der Waals surface area contributed by atoms with Crippen LogP contribution in [0.15, 0.2) is 42.5 Å². The summed E-state index contributed by atoms with van der Waals surface area (Å²) in [4.78, 5) is 0. The molecule has 0 saturated carbocycles. The monoisotopic (exact) mass is 264 g/mol. The van der Waals surface area contributed by atoms with Crippen molar-refractivity contribution in [3.8, 4) is 5.75 Å². The maximum absolute atomic E-state index is 13.3. The van der Waals surface area contributed by atoms with Gasteiger partial charge in [-0.2, -0.15) is 0 Å². The first-order chi connectivity index (χ1) is 9.18. The average molecular weight is 264 g/mol. The summed E-state index contributed by atoms with van der Waals surface area (Å²) in [6.07, 6.45) is 0. The minimum absolute atomic E-state index is 0.195. The van der Waals surface area contributed by atoms with Crippen molar-refractivity contribution in [2.24, 2.45) is 0 Å². The Kier molecular flexibility index (Phi) is 6.00. The molecular weight excluding hydrogens is 246 g/mol. The van der Waals surface area contributed by atoms with E-state index in [-0.39, 0.29) is 5.56 Å². The fraction of sp³-hybridized carbons (Fsp3) is 0.250. The molecule has 0 fully saturated rings. The Balaban J connectivity index is 0.000000861. The van der Waals surface area contributed by atoms with E-state index in [0.717, 1.165) is 11.6 Å². The number of ether oxygens (including phenoxy) is 1. The first kappa shape index (κ1) is 15.2. The van der Waals surface area contributed by atoms with Gasteiger partial charge in [0.25, 0.3) is 0 Å². The normalized spacial score (nSPS) is 9.53. The summed E-state index contributed by atoms with van der Waals surface area (Å²) in [5, 5.41) is 0. The van der Waals surface area contributed by atoms with Gasteiger partial charge < -0.3 is 4.74 Å². The molecule has 0 aliphatic rings. The van der Waals surface area contributed by atoms with Gasteiger partial charge in [-0.15, -0.1) is 0 Å². The van der Waals surface area contributed by atoms with Crippen LogP contribution in [0.2, 0.25) is 0 Å². The van der Waals surface area contributed by atoms with E-state index in [4.69, 9.17) is 4.74 Å². The van der Waals surface area contributed by atoms with E-state index in [1.165, 1.54) is 13.0 Å². The second-order valence-corrected chi connectivity index (χ2v) is 3.76. The zero-order chi connectivity index (χ0) is 14.3. The van der Waals surface area contributed by atoms with Gasteiger partial charge in [0.1, 0.15) is 12.4 Å². The quantitative estimate of drug-likeness (QED) is 0.767. The Morgan fingerprint density at radius 3 is 2.21 bits per heavy atom. The molecule has 0 saturated heterocycles. The van der Waals surface area contributed by atoms with Crippen molar-refractivity contribution >= 4 is 0 Å². The van der Waals surface area contributed by atoms with Gasteiger partial charge >= 0.3 is 0 Å². The van der Waals surface area contributed by atoms with Crippen LogP contribution in [0.4, 0.5) is 8.78 Å². The summed E-state index contributed by atoms with van der Waals surface area (Å²) in [7, 11) is 0. The molecule has 3 heteroatoms. The lowest BCUT2D eigenvalue weighted by Gasteiger charge is -2.09. The highest BCUT2D eigenvalue weighted by Gasteiger charge is 2.10. The van der Waals surface area contributed by atoms with Crippen molar-refractivity contribution in [1.29, 1.82) is 0 Å². The largest absolute Gasteiger partial charge is 0.489 e. The van der Waals surface area contributed by atoms with Gasteiger partial charge in [0.05, 0.1) is 0 Å². The highest BCUT2D eigenvalue weighted by atomic mass is 19.2. The van der Waals surface area contributed by atoms with Crippen LogP contribution in [0.3, 0.4) is 0 Å². The number of benzene rings is 2. The van der Waals surface area contributed by atoms with Crippen molar-refractivity contribution in [1.82, 2.24) is 0 Å². The fourth-order valence-corrected chi connectivity index (χ4v) is 1.53. The topological polar surface area (TPSA) is 9.23 Å². The molecule has 102 valence electrons. The summed E-state index contributed by atoms with van der Waals surface area (Å²) in [5.41, 5.74) is 1.18. The maximum Gasteiger partial charge on any atom is 0.165 e. The lowest BCUT2D eigenvalue weighted by Crippen LogP contribution is -1.99. The van der Waals surface area contributed by atoms with Crippen LogP contribution in [0.25, 0.3) is 0 Å². The summed E-state index contributed by atoms with van der Waals surface area (Å²) in [6, 6.07) is 12.0. The molecule has 0 spiro atoms. The van der Waals surface area contributed by atoms with E-state index in [1.807, 2.05) is 44.2 Å². The molecular formula is C16H18F2O. The minimum atomic E-state index is -0.852. The van der Waals surface area contributed by atoms with Crippen LogP contribution in [0.5, 0.6) is 5.75 Å². The number of halogens is 2. The van der Waals surface area contributed by atoms with Gasteiger partial charge in [0.15, 0.2) is 11.6 Å². The summed E-state index contributed by atoms with van der Waals surface area (Å²) < 4.78 is 31.6. The van der Waals surface area contributed by atoms with Crippen LogP contribution in [0.1, 0.15) is 25.0 Å². The predicted octanol–water partition coefficient (Wildman–Crippen LogP) is 4.88. The molecule has 2 aromatic carbocycles. The van der Waals surface area contributed by atoms with Gasteiger partial charge in [-0.25, -0.2) is 8.78 Å². The molecule has 19 heavy (non-hydrogen) atoms. The lowest BCUT2D eigenvalue weighted by molar-refractivity contribution is 0.300. The van der Waals surface area contributed by atoms with Crippen molar-refractivity contribution < 1.29 is 13.5 Å². The first-order valence-corrected chi connectivity index (χ1v) is 6.30. The maximum atomic E-state index is 13.3. The molecule has 0 atom stereocenters. The number of hydrogen-bond donors (Lipinski definition) is 0. The van der Waals surface area contributed by atoms with Gasteiger partial charge in [0, 0.05) is 5.56 Å². The summed E-state index contributed by atoms with van der Waals surface area (Å²) >= 11 is 0. The van der Waals surface area contributed by atoms with Crippen molar-refractivity contribution in [3.05, 3.63) is 65.2 Å². The molecule has 0 amide bonds. The van der Waals surface area contributed by atoms with E-state index in [9.17, 15) is 8.78 Å². The van der Waals surface area contributed by atoms with Crippen LogP contribution in [-0.2, 0) is 6.61 Å². The third-order valence-corrected chi connectivity index (χ3v) is 2.53. The van der Waals surface area contributed by atoms with Crippen LogP contribution in [-0.4, -0.2) is 0 Å². The van der Waals surface area contributed by atoms with E-state index in [2.05, 4.69) is 0 Å². The lowest BCUT2D eigenvalue weighted by atomic mass is 10.2. The van der Waals surface area contributed by atoms with Crippen molar-refractivity contribution in [2.45, 2.75) is 27.4 Å². The molecule has 2 rings (SSSR count). The second-order valence-electron chi connectivity index (χ2n) is 3.76. The fourth-order valence-electron chi connectivity index (χ4n) is 1.53. The van der Waals surface area contributed by atoms with Gasteiger partial charge in [0.2, 0.25) is 0 Å². The highest BCUT2D eigenvalue weighted by Crippen LogP contribution is 2.23. The third-order valence-electron chi connectivity index (χ3n) is 2.53. The third kappa shape index (κ3) is 4.05. The molecule has 0 N–H and O–H groups in total. The smallest absolute Gasteiger partial charge is 0.165 e. The van der Waals surface area contributed by atoms with E-state index in [1.54, 1.807) is 0 Å². The zero-order valence-electron chi connectivity index (χ0n) is 11.4. The Bertz CT molecular complexity index is 510. The van der Waals surface area contributed by atoms with Crippen LogP contribution < -0.4 is 4.74 Å². The Morgan fingerprint density at radius 2 is 1.58 bits per heavy atom. The van der Waals surface area contributed by atoms with Gasteiger partial charge in [-0.3, -0.25) is 0 Å². The van der Waals surface area contributed by atoms with Crippen LogP contribution >= 0.6 is 0 Å².